The highest BCUT2D eigenvalue weighted by molar-refractivity contribution is 7.21. The summed E-state index contributed by atoms with van der Waals surface area (Å²) >= 11 is 1.72. The van der Waals surface area contributed by atoms with Crippen molar-refractivity contribution in [1.29, 1.82) is 0 Å². The molecule has 0 amide bonds. The third-order valence-corrected chi connectivity index (χ3v) is 7.73. The molecular weight excluding hydrogens is 468 g/mol. The van der Waals surface area contributed by atoms with E-state index in [9.17, 15) is 0 Å². The van der Waals surface area contributed by atoms with Crippen molar-refractivity contribution in [1.82, 2.24) is 4.98 Å². The molecule has 2 nitrogen and oxygen atoms in total. The summed E-state index contributed by atoms with van der Waals surface area (Å²) in [5, 5.41) is 0.991. The summed E-state index contributed by atoms with van der Waals surface area (Å²) < 4.78 is 1.18. The molecule has 0 saturated heterocycles. The number of para-hydroxylation sites is 2. The van der Waals surface area contributed by atoms with Gasteiger partial charge in [-0.3, -0.25) is 4.99 Å². The molecule has 1 aromatic heterocycles. The fraction of sp³-hybridized carbons (Fsp3) is 0.235. The normalized spacial score (nSPS) is 12.5. The van der Waals surface area contributed by atoms with Gasteiger partial charge in [0.05, 0.1) is 15.9 Å². The molecule has 0 bridgehead atoms. The quantitative estimate of drug-likeness (QED) is 0.224. The molecule has 0 atom stereocenters. The Labute approximate surface area is 224 Å². The molecule has 0 fully saturated rings. The van der Waals surface area contributed by atoms with Gasteiger partial charge in [-0.05, 0) is 63.4 Å². The molecule has 37 heavy (non-hydrogen) atoms. The minimum Gasteiger partial charge on any atom is -0.256 e. The van der Waals surface area contributed by atoms with Crippen molar-refractivity contribution in [2.24, 2.45) is 4.99 Å². The lowest BCUT2D eigenvalue weighted by molar-refractivity contribution is 0.568. The van der Waals surface area contributed by atoms with Crippen LogP contribution in [0.2, 0.25) is 0 Å². The first-order valence-electron chi connectivity index (χ1n) is 12.8. The number of benzene rings is 4. The maximum absolute atomic E-state index is 5.11. The molecule has 4 aromatic carbocycles. The molecule has 0 unspecified atom stereocenters. The number of thiazole rings is 1. The molecule has 0 spiro atoms. The minimum absolute atomic E-state index is 0.0687. The van der Waals surface area contributed by atoms with Crippen LogP contribution in [0.25, 0.3) is 31.9 Å². The molecule has 0 N–H and O–H groups in total. The lowest BCUT2D eigenvalue weighted by atomic mass is 9.79. The second-order valence-corrected chi connectivity index (χ2v) is 12.7. The molecule has 3 heteroatoms. The highest BCUT2D eigenvalue weighted by atomic mass is 32.1. The van der Waals surface area contributed by atoms with Crippen molar-refractivity contribution in [2.75, 3.05) is 0 Å². The lowest BCUT2D eigenvalue weighted by Gasteiger charge is -2.25. The van der Waals surface area contributed by atoms with Crippen molar-refractivity contribution >= 4 is 33.5 Å². The second kappa shape index (κ2) is 9.72. The summed E-state index contributed by atoms with van der Waals surface area (Å²) in [6.45, 7) is 13.6. The number of fused-ring (bicyclic) bond motifs is 1. The number of hydrogen-bond donors (Lipinski definition) is 0. The first-order valence-corrected chi connectivity index (χ1v) is 13.7. The molecule has 186 valence electrons. The predicted molar refractivity (Wildman–Crippen MR) is 162 cm³/mol. The van der Waals surface area contributed by atoms with Gasteiger partial charge >= 0.3 is 0 Å². The number of hydrogen-bond acceptors (Lipinski definition) is 3. The zero-order valence-corrected chi connectivity index (χ0v) is 23.4. The summed E-state index contributed by atoms with van der Waals surface area (Å²) in [7, 11) is 0. The second-order valence-electron chi connectivity index (χ2n) is 11.7. The van der Waals surface area contributed by atoms with E-state index in [-0.39, 0.29) is 10.8 Å². The van der Waals surface area contributed by atoms with Gasteiger partial charge in [0.15, 0.2) is 0 Å². The Hall–Kier alpha value is -3.56. The number of nitrogens with zero attached hydrogens (tertiary/aromatic N) is 2. The average Bonchev–Trinajstić information content (AvgIpc) is 3.31. The largest absolute Gasteiger partial charge is 0.256 e. The molecule has 5 rings (SSSR count). The molecule has 0 aliphatic heterocycles. The molecule has 0 saturated carbocycles. The van der Waals surface area contributed by atoms with Crippen molar-refractivity contribution in [2.45, 2.75) is 52.4 Å². The van der Waals surface area contributed by atoms with Gasteiger partial charge in [0.2, 0.25) is 0 Å². The van der Waals surface area contributed by atoms with Gasteiger partial charge in [0.25, 0.3) is 0 Å². The van der Waals surface area contributed by atoms with E-state index in [1.54, 1.807) is 11.3 Å². The third kappa shape index (κ3) is 5.42. The van der Waals surface area contributed by atoms with E-state index >= 15 is 0 Å². The summed E-state index contributed by atoms with van der Waals surface area (Å²) in [4.78, 5) is 10.1. The number of rotatable bonds is 4. The monoisotopic (exact) mass is 502 g/mol. The maximum Gasteiger partial charge on any atom is 0.126 e. The first-order chi connectivity index (χ1) is 17.6. The molecule has 0 radical (unpaired) electrons. The standard InChI is InChI=1S/C34H34N2S/c1-33(2,3)25-19-23(20-26(21-25)34(4,5)6)22-35-29-17-11-10-15-28(29)32-36-31-27(16-12-18-30(31)37-32)24-13-8-7-9-14-24/h7-22H,1-6H3. The Kier molecular flexibility index (Phi) is 6.59. The van der Waals surface area contributed by atoms with E-state index in [1.807, 2.05) is 18.3 Å². The van der Waals surface area contributed by atoms with Crippen molar-refractivity contribution in [3.05, 3.63) is 108 Å². The smallest absolute Gasteiger partial charge is 0.126 e. The van der Waals surface area contributed by atoms with Gasteiger partial charge in [-0.25, -0.2) is 4.98 Å². The van der Waals surface area contributed by atoms with Crippen molar-refractivity contribution in [3.63, 3.8) is 0 Å². The van der Waals surface area contributed by atoms with Gasteiger partial charge in [0.1, 0.15) is 5.01 Å². The fourth-order valence-corrected chi connectivity index (χ4v) is 5.44. The van der Waals surface area contributed by atoms with E-state index in [2.05, 4.69) is 120 Å². The summed E-state index contributed by atoms with van der Waals surface area (Å²) in [5.41, 5.74) is 9.30. The lowest BCUT2D eigenvalue weighted by Crippen LogP contribution is -2.17. The van der Waals surface area contributed by atoms with Crippen molar-refractivity contribution < 1.29 is 0 Å². The Bertz CT molecular complexity index is 1550. The van der Waals surface area contributed by atoms with Crippen LogP contribution in [0.4, 0.5) is 5.69 Å². The first kappa shape index (κ1) is 25.1. The molecule has 5 aromatic rings. The van der Waals surface area contributed by atoms with E-state index < -0.39 is 0 Å². The van der Waals surface area contributed by atoms with Crippen LogP contribution in [-0.2, 0) is 10.8 Å². The number of aliphatic imine (C=N–C) groups is 1. The zero-order chi connectivity index (χ0) is 26.2. The number of aromatic nitrogens is 1. The highest BCUT2D eigenvalue weighted by Crippen LogP contribution is 2.39. The third-order valence-electron chi connectivity index (χ3n) is 6.68. The topological polar surface area (TPSA) is 25.2 Å². The SMILES string of the molecule is CC(C)(C)c1cc(C=Nc2ccccc2-c2nc3c(-c4ccccc4)cccc3s2)cc(C(C)(C)C)c1. The van der Waals surface area contributed by atoms with Crippen molar-refractivity contribution in [3.8, 4) is 21.7 Å². The van der Waals surface area contributed by atoms with Crippen LogP contribution in [0.5, 0.6) is 0 Å². The van der Waals surface area contributed by atoms with Crippen LogP contribution in [0.3, 0.4) is 0 Å². The highest BCUT2D eigenvalue weighted by Gasteiger charge is 2.20. The fourth-order valence-electron chi connectivity index (χ4n) is 4.42. The Morgan fingerprint density at radius 2 is 1.30 bits per heavy atom. The summed E-state index contributed by atoms with van der Waals surface area (Å²) in [6, 6.07) is 32.1. The Morgan fingerprint density at radius 3 is 1.97 bits per heavy atom. The van der Waals surface area contributed by atoms with Gasteiger partial charge < -0.3 is 0 Å². The van der Waals surface area contributed by atoms with Crippen LogP contribution in [0, 0.1) is 0 Å². The van der Waals surface area contributed by atoms with Gasteiger partial charge in [0, 0.05) is 17.3 Å². The van der Waals surface area contributed by atoms with Crippen LogP contribution in [-0.4, -0.2) is 11.2 Å². The van der Waals surface area contributed by atoms with Crippen LogP contribution in [0.1, 0.15) is 58.2 Å². The predicted octanol–water partition coefficient (Wildman–Crippen LogP) is 9.98. The Morgan fingerprint density at radius 1 is 0.676 bits per heavy atom. The summed E-state index contributed by atoms with van der Waals surface area (Å²) in [5.74, 6) is 0. The molecule has 0 aliphatic carbocycles. The van der Waals surface area contributed by atoms with Crippen LogP contribution in [0.15, 0.2) is 96.0 Å². The van der Waals surface area contributed by atoms with Gasteiger partial charge in [-0.1, -0.05) is 102 Å². The van der Waals surface area contributed by atoms with Gasteiger partial charge in [-0.2, -0.15) is 0 Å². The molecule has 0 aliphatic rings. The van der Waals surface area contributed by atoms with Gasteiger partial charge in [-0.15, -0.1) is 11.3 Å². The van der Waals surface area contributed by atoms with Crippen LogP contribution >= 0.6 is 11.3 Å². The van der Waals surface area contributed by atoms with E-state index in [1.165, 1.54) is 21.4 Å². The molecular formula is C34H34N2S. The average molecular weight is 503 g/mol. The Balaban J connectivity index is 1.56. The minimum atomic E-state index is 0.0687. The summed E-state index contributed by atoms with van der Waals surface area (Å²) in [6.07, 6.45) is 2.01. The van der Waals surface area contributed by atoms with E-state index in [4.69, 9.17) is 9.98 Å². The van der Waals surface area contributed by atoms with E-state index in [0.717, 1.165) is 32.9 Å². The maximum atomic E-state index is 5.11. The van der Waals surface area contributed by atoms with E-state index in [0.29, 0.717) is 0 Å². The van der Waals surface area contributed by atoms with Crippen LogP contribution < -0.4 is 0 Å². The molecule has 1 heterocycles. The zero-order valence-electron chi connectivity index (χ0n) is 22.5.